The molecule has 1 aliphatic carbocycles. The summed E-state index contributed by atoms with van der Waals surface area (Å²) >= 11 is 0. The summed E-state index contributed by atoms with van der Waals surface area (Å²) in [6, 6.07) is 9.60. The second-order valence-electron chi connectivity index (χ2n) is 7.84. The van der Waals surface area contributed by atoms with Crippen LogP contribution in [0.25, 0.3) is 0 Å². The number of carbonyl (C=O) groups excluding carboxylic acids is 2. The molecule has 1 amide bonds. The van der Waals surface area contributed by atoms with Crippen LogP contribution in [0.3, 0.4) is 0 Å². The van der Waals surface area contributed by atoms with Crippen LogP contribution in [0.4, 0.5) is 11.4 Å². The Labute approximate surface area is 190 Å². The normalized spacial score (nSPS) is 18.2. The van der Waals surface area contributed by atoms with Crippen LogP contribution in [0.5, 0.6) is 17.2 Å². The first-order chi connectivity index (χ1) is 15.9. The molecular formula is C24H24N2O7. The molecule has 1 atom stereocenters. The Morgan fingerprint density at radius 3 is 2.33 bits per heavy atom. The number of methoxy groups -OCH3 is 3. The molecule has 9 nitrogen and oxygen atoms in total. The number of Topliss-reactive ketones (excluding diaryl/α,β-unsaturated/α-hetero) is 1. The summed E-state index contributed by atoms with van der Waals surface area (Å²) in [4.78, 5) is 39.2. The zero-order chi connectivity index (χ0) is 23.7. The van der Waals surface area contributed by atoms with Gasteiger partial charge in [-0.05, 0) is 43.2 Å². The van der Waals surface area contributed by atoms with Crippen molar-refractivity contribution in [2.75, 3.05) is 26.2 Å². The van der Waals surface area contributed by atoms with Gasteiger partial charge in [-0.3, -0.25) is 24.6 Å². The molecule has 0 saturated carbocycles. The van der Waals surface area contributed by atoms with Crippen LogP contribution in [0.2, 0.25) is 0 Å². The number of nitrogens with zero attached hydrogens (tertiary/aromatic N) is 2. The summed E-state index contributed by atoms with van der Waals surface area (Å²) in [5.41, 5.74) is 1.55. The number of anilines is 1. The van der Waals surface area contributed by atoms with E-state index in [1.54, 1.807) is 31.4 Å². The first kappa shape index (κ1) is 22.3. The molecule has 2 aliphatic rings. The number of amides is 1. The zero-order valence-electron chi connectivity index (χ0n) is 18.6. The number of allylic oxidation sites excluding steroid dienone is 2. The Morgan fingerprint density at radius 1 is 0.970 bits per heavy atom. The third kappa shape index (κ3) is 3.90. The molecule has 9 heteroatoms. The molecule has 1 unspecified atom stereocenters. The van der Waals surface area contributed by atoms with Gasteiger partial charge in [0, 0.05) is 35.6 Å². The maximum Gasteiger partial charge on any atom is 0.297 e. The Kier molecular flexibility index (Phi) is 6.04. The molecule has 33 heavy (non-hydrogen) atoms. The van der Waals surface area contributed by atoms with Crippen LogP contribution in [0.1, 0.15) is 37.2 Å². The highest BCUT2D eigenvalue weighted by molar-refractivity contribution is 6.08. The Morgan fingerprint density at radius 2 is 1.67 bits per heavy atom. The summed E-state index contributed by atoms with van der Waals surface area (Å²) < 4.78 is 16.0. The van der Waals surface area contributed by atoms with E-state index >= 15 is 0 Å². The van der Waals surface area contributed by atoms with Gasteiger partial charge in [-0.1, -0.05) is 0 Å². The highest BCUT2D eigenvalue weighted by Crippen LogP contribution is 2.48. The van der Waals surface area contributed by atoms with E-state index in [4.69, 9.17) is 14.2 Å². The van der Waals surface area contributed by atoms with Crippen molar-refractivity contribution in [2.24, 2.45) is 0 Å². The average molecular weight is 452 g/mol. The average Bonchev–Trinajstić information content (AvgIpc) is 2.83. The van der Waals surface area contributed by atoms with Crippen molar-refractivity contribution in [3.8, 4) is 17.2 Å². The highest BCUT2D eigenvalue weighted by Gasteiger charge is 2.42. The quantitative estimate of drug-likeness (QED) is 0.478. The van der Waals surface area contributed by atoms with E-state index < -0.39 is 10.8 Å². The molecule has 0 bridgehead atoms. The van der Waals surface area contributed by atoms with Gasteiger partial charge in [0.05, 0.1) is 32.3 Å². The summed E-state index contributed by atoms with van der Waals surface area (Å²) in [5.74, 6) is 0.507. The summed E-state index contributed by atoms with van der Waals surface area (Å²) in [6.07, 6.45) is 1.35. The number of hydrogen-bond acceptors (Lipinski definition) is 7. The van der Waals surface area contributed by atoms with Crippen molar-refractivity contribution < 1.29 is 28.7 Å². The Bertz CT molecular complexity index is 1170. The molecule has 0 N–H and O–H groups in total. The second kappa shape index (κ2) is 8.93. The number of ketones is 1. The molecule has 2 aromatic rings. The van der Waals surface area contributed by atoms with Crippen molar-refractivity contribution >= 4 is 23.1 Å². The molecule has 4 rings (SSSR count). The van der Waals surface area contributed by atoms with Gasteiger partial charge >= 0.3 is 0 Å². The summed E-state index contributed by atoms with van der Waals surface area (Å²) in [6.45, 7) is 0. The fraction of sp³-hybridized carbons (Fsp3) is 0.333. The lowest BCUT2D eigenvalue weighted by atomic mass is 9.76. The monoisotopic (exact) mass is 452 g/mol. The van der Waals surface area contributed by atoms with Crippen LogP contribution >= 0.6 is 0 Å². The summed E-state index contributed by atoms with van der Waals surface area (Å²) in [7, 11) is 4.48. The molecule has 0 radical (unpaired) electrons. The first-order valence-electron chi connectivity index (χ1n) is 10.5. The number of benzene rings is 2. The van der Waals surface area contributed by atoms with Crippen LogP contribution in [-0.4, -0.2) is 37.9 Å². The largest absolute Gasteiger partial charge is 0.497 e. The fourth-order valence-corrected chi connectivity index (χ4v) is 4.62. The molecule has 0 saturated heterocycles. The standard InChI is InChI=1S/C24H24N2O7/c1-31-14-8-10-22(33-3)16(11-14)17-13-23(28)25(19-5-4-6-21(27)24(17)19)18-9-7-15(32-2)12-20(18)26(29)30/h7-12,17H,4-6,13H2,1-3H3. The van der Waals surface area contributed by atoms with Gasteiger partial charge in [0.2, 0.25) is 5.91 Å². The number of nitro groups is 1. The SMILES string of the molecule is COc1ccc(OC)c(C2CC(=O)N(c3ccc(OC)cc3[N+](=O)[O-])C3=C2C(=O)CCC3)c1. The smallest absolute Gasteiger partial charge is 0.297 e. The number of hydrogen-bond donors (Lipinski definition) is 0. The maximum absolute atomic E-state index is 13.5. The molecular weight excluding hydrogens is 428 g/mol. The van der Waals surface area contributed by atoms with Crippen molar-refractivity contribution in [3.63, 3.8) is 0 Å². The lowest BCUT2D eigenvalue weighted by Gasteiger charge is -2.38. The first-order valence-corrected chi connectivity index (χ1v) is 10.5. The van der Waals surface area contributed by atoms with Crippen molar-refractivity contribution in [3.05, 3.63) is 63.3 Å². The molecule has 0 fully saturated rings. The third-order valence-corrected chi connectivity index (χ3v) is 6.11. The lowest BCUT2D eigenvalue weighted by molar-refractivity contribution is -0.384. The molecule has 1 heterocycles. The molecule has 0 spiro atoms. The third-order valence-electron chi connectivity index (χ3n) is 6.11. The van der Waals surface area contributed by atoms with Gasteiger partial charge in [0.15, 0.2) is 5.78 Å². The van der Waals surface area contributed by atoms with Gasteiger partial charge in [0.1, 0.15) is 22.9 Å². The summed E-state index contributed by atoms with van der Waals surface area (Å²) in [5, 5.41) is 11.8. The minimum absolute atomic E-state index is 0.0305. The maximum atomic E-state index is 13.5. The van der Waals surface area contributed by atoms with E-state index in [1.165, 1.54) is 31.3 Å². The highest BCUT2D eigenvalue weighted by atomic mass is 16.6. The number of rotatable bonds is 6. The van der Waals surface area contributed by atoms with Crippen LogP contribution in [0.15, 0.2) is 47.7 Å². The molecule has 1 aliphatic heterocycles. The van der Waals surface area contributed by atoms with Crippen molar-refractivity contribution in [1.82, 2.24) is 0 Å². The lowest BCUT2D eigenvalue weighted by Crippen LogP contribution is -2.41. The number of carbonyl (C=O) groups is 2. The second-order valence-corrected chi connectivity index (χ2v) is 7.84. The minimum atomic E-state index is -0.548. The zero-order valence-corrected chi connectivity index (χ0v) is 18.6. The number of nitro benzene ring substituents is 1. The molecule has 0 aromatic heterocycles. The van der Waals surface area contributed by atoms with Crippen molar-refractivity contribution in [2.45, 2.75) is 31.6 Å². The van der Waals surface area contributed by atoms with E-state index in [2.05, 4.69) is 0 Å². The molecule has 172 valence electrons. The van der Waals surface area contributed by atoms with Gasteiger partial charge in [0.25, 0.3) is 5.69 Å². The molecule has 2 aromatic carbocycles. The minimum Gasteiger partial charge on any atom is -0.497 e. The Balaban J connectivity index is 1.92. The van der Waals surface area contributed by atoms with Gasteiger partial charge in [-0.25, -0.2) is 0 Å². The van der Waals surface area contributed by atoms with Crippen LogP contribution in [0, 0.1) is 10.1 Å². The van der Waals surface area contributed by atoms with Crippen LogP contribution in [-0.2, 0) is 9.59 Å². The van der Waals surface area contributed by atoms with Gasteiger partial charge in [-0.15, -0.1) is 0 Å². The number of ether oxygens (including phenoxy) is 3. The van der Waals surface area contributed by atoms with E-state index in [0.717, 1.165) is 0 Å². The predicted molar refractivity (Wildman–Crippen MR) is 120 cm³/mol. The van der Waals surface area contributed by atoms with Crippen LogP contribution < -0.4 is 19.1 Å². The Hall–Kier alpha value is -3.88. The van der Waals surface area contributed by atoms with Gasteiger partial charge < -0.3 is 14.2 Å². The topological polar surface area (TPSA) is 108 Å². The van der Waals surface area contributed by atoms with E-state index in [0.29, 0.717) is 53.3 Å². The fourth-order valence-electron chi connectivity index (χ4n) is 4.62. The van der Waals surface area contributed by atoms with E-state index in [9.17, 15) is 19.7 Å². The van der Waals surface area contributed by atoms with Gasteiger partial charge in [-0.2, -0.15) is 0 Å². The van der Waals surface area contributed by atoms with E-state index in [1.807, 2.05) is 0 Å². The predicted octanol–water partition coefficient (Wildman–Crippen LogP) is 4.15. The van der Waals surface area contributed by atoms with Crippen molar-refractivity contribution in [1.29, 1.82) is 0 Å². The van der Waals surface area contributed by atoms with E-state index in [-0.39, 0.29) is 29.5 Å².